The van der Waals surface area contributed by atoms with Gasteiger partial charge in [-0.15, -0.1) is 0 Å². The van der Waals surface area contributed by atoms with Gasteiger partial charge in [-0.05, 0) is 30.3 Å². The lowest BCUT2D eigenvalue weighted by Gasteiger charge is -2.22. The predicted octanol–water partition coefficient (Wildman–Crippen LogP) is 1.89. The minimum absolute atomic E-state index is 0.0667. The first-order chi connectivity index (χ1) is 9.78. The average molecular weight is 273 g/mol. The molecular formula is C15H19N3O2. The Hall–Kier alpha value is -2.01. The van der Waals surface area contributed by atoms with Crippen LogP contribution in [0.1, 0.15) is 24.2 Å². The SMILES string of the molecule is CCNC(c1ccc2c(c1)OCCO2)c1ccn(C)n1. The minimum atomic E-state index is 0.0667. The molecule has 1 aromatic heterocycles. The average Bonchev–Trinajstić information content (AvgIpc) is 2.90. The van der Waals surface area contributed by atoms with Crippen molar-refractivity contribution >= 4 is 0 Å². The van der Waals surface area contributed by atoms with Gasteiger partial charge in [0.1, 0.15) is 13.2 Å². The van der Waals surface area contributed by atoms with Crippen LogP contribution >= 0.6 is 0 Å². The van der Waals surface area contributed by atoms with Crippen LogP contribution in [-0.4, -0.2) is 29.5 Å². The maximum atomic E-state index is 5.66. The molecule has 0 spiro atoms. The van der Waals surface area contributed by atoms with Gasteiger partial charge in [0.2, 0.25) is 0 Å². The van der Waals surface area contributed by atoms with Gasteiger partial charge in [0.05, 0.1) is 11.7 Å². The fourth-order valence-corrected chi connectivity index (χ4v) is 2.42. The first-order valence-corrected chi connectivity index (χ1v) is 6.90. The highest BCUT2D eigenvalue weighted by molar-refractivity contribution is 5.46. The topological polar surface area (TPSA) is 48.3 Å². The number of nitrogens with one attached hydrogen (secondary N) is 1. The Kier molecular flexibility index (Phi) is 3.60. The lowest BCUT2D eigenvalue weighted by Crippen LogP contribution is -2.23. The van der Waals surface area contributed by atoms with Crippen molar-refractivity contribution in [3.8, 4) is 11.5 Å². The fourth-order valence-electron chi connectivity index (χ4n) is 2.42. The van der Waals surface area contributed by atoms with Crippen molar-refractivity contribution in [3.63, 3.8) is 0 Å². The Morgan fingerprint density at radius 2 is 2.05 bits per heavy atom. The molecule has 2 aromatic rings. The van der Waals surface area contributed by atoms with Gasteiger partial charge in [-0.3, -0.25) is 4.68 Å². The molecule has 1 aliphatic heterocycles. The second-order valence-electron chi connectivity index (χ2n) is 4.81. The second-order valence-corrected chi connectivity index (χ2v) is 4.81. The Morgan fingerprint density at radius 1 is 1.25 bits per heavy atom. The fraction of sp³-hybridized carbons (Fsp3) is 0.400. The van der Waals surface area contributed by atoms with Gasteiger partial charge in [0, 0.05) is 13.2 Å². The van der Waals surface area contributed by atoms with Gasteiger partial charge in [-0.25, -0.2) is 0 Å². The Balaban J connectivity index is 1.95. The van der Waals surface area contributed by atoms with E-state index < -0.39 is 0 Å². The second kappa shape index (κ2) is 5.54. The van der Waals surface area contributed by atoms with Crippen LogP contribution in [0.5, 0.6) is 11.5 Å². The third-order valence-electron chi connectivity index (χ3n) is 3.34. The molecule has 5 nitrogen and oxygen atoms in total. The van der Waals surface area contributed by atoms with E-state index in [1.165, 1.54) is 0 Å². The molecule has 3 rings (SSSR count). The van der Waals surface area contributed by atoms with Crippen molar-refractivity contribution in [1.82, 2.24) is 15.1 Å². The molecule has 0 amide bonds. The maximum Gasteiger partial charge on any atom is 0.161 e. The predicted molar refractivity (Wildman–Crippen MR) is 76.2 cm³/mol. The highest BCUT2D eigenvalue weighted by Gasteiger charge is 2.19. The van der Waals surface area contributed by atoms with Gasteiger partial charge < -0.3 is 14.8 Å². The molecule has 0 aliphatic carbocycles. The third-order valence-corrected chi connectivity index (χ3v) is 3.34. The number of fused-ring (bicyclic) bond motifs is 1. The van der Waals surface area contributed by atoms with Crippen molar-refractivity contribution in [2.24, 2.45) is 7.05 Å². The van der Waals surface area contributed by atoms with E-state index in [0.29, 0.717) is 13.2 Å². The summed E-state index contributed by atoms with van der Waals surface area (Å²) in [5, 5.41) is 7.96. The summed E-state index contributed by atoms with van der Waals surface area (Å²) in [6.07, 6.45) is 1.96. The quantitative estimate of drug-likeness (QED) is 0.924. The Bertz CT molecular complexity index is 595. The van der Waals surface area contributed by atoms with Gasteiger partial charge >= 0.3 is 0 Å². The molecule has 5 heteroatoms. The zero-order chi connectivity index (χ0) is 13.9. The van der Waals surface area contributed by atoms with Gasteiger partial charge in [-0.2, -0.15) is 5.10 Å². The largest absolute Gasteiger partial charge is 0.486 e. The first-order valence-electron chi connectivity index (χ1n) is 6.90. The molecule has 106 valence electrons. The third kappa shape index (κ3) is 2.49. The van der Waals surface area contributed by atoms with Crippen molar-refractivity contribution in [3.05, 3.63) is 41.7 Å². The van der Waals surface area contributed by atoms with Crippen LogP contribution in [0.25, 0.3) is 0 Å². The normalized spacial score (nSPS) is 15.1. The number of ether oxygens (including phenoxy) is 2. The van der Waals surface area contributed by atoms with Crippen molar-refractivity contribution < 1.29 is 9.47 Å². The van der Waals surface area contributed by atoms with Crippen molar-refractivity contribution in [1.29, 1.82) is 0 Å². The number of rotatable bonds is 4. The summed E-state index contributed by atoms with van der Waals surface area (Å²) in [6.45, 7) is 4.18. The first kappa shape index (κ1) is 13.0. The molecule has 0 fully saturated rings. The standard InChI is InChI=1S/C15H19N3O2/c1-3-16-15(12-6-7-18(2)17-12)11-4-5-13-14(10-11)20-9-8-19-13/h4-7,10,15-16H,3,8-9H2,1-2H3. The van der Waals surface area contributed by atoms with Crippen molar-refractivity contribution in [2.75, 3.05) is 19.8 Å². The zero-order valence-electron chi connectivity index (χ0n) is 11.8. The molecule has 1 atom stereocenters. The summed E-state index contributed by atoms with van der Waals surface area (Å²) in [6, 6.07) is 8.17. The van der Waals surface area contributed by atoms with E-state index in [1.54, 1.807) is 0 Å². The number of benzene rings is 1. The summed E-state index contributed by atoms with van der Waals surface area (Å²) in [5.74, 6) is 1.63. The van der Waals surface area contributed by atoms with Crippen LogP contribution in [0.15, 0.2) is 30.5 Å². The highest BCUT2D eigenvalue weighted by Crippen LogP contribution is 2.33. The molecule has 0 bridgehead atoms. The molecular weight excluding hydrogens is 254 g/mol. The van der Waals surface area contributed by atoms with E-state index in [1.807, 2.05) is 36.1 Å². The van der Waals surface area contributed by atoms with Crippen LogP contribution in [0.4, 0.5) is 0 Å². The highest BCUT2D eigenvalue weighted by atomic mass is 16.6. The van der Waals surface area contributed by atoms with Crippen molar-refractivity contribution in [2.45, 2.75) is 13.0 Å². The van der Waals surface area contributed by atoms with Crippen LogP contribution < -0.4 is 14.8 Å². The summed E-state index contributed by atoms with van der Waals surface area (Å²) in [7, 11) is 1.93. The van der Waals surface area contributed by atoms with Crippen LogP contribution in [0.2, 0.25) is 0 Å². The van der Waals surface area contributed by atoms with E-state index in [2.05, 4.69) is 23.4 Å². The number of hydrogen-bond donors (Lipinski definition) is 1. The minimum Gasteiger partial charge on any atom is -0.486 e. The molecule has 0 radical (unpaired) electrons. The molecule has 1 N–H and O–H groups in total. The zero-order valence-corrected chi connectivity index (χ0v) is 11.8. The van der Waals surface area contributed by atoms with Crippen LogP contribution in [-0.2, 0) is 7.05 Å². The van der Waals surface area contributed by atoms with E-state index in [-0.39, 0.29) is 6.04 Å². The van der Waals surface area contributed by atoms with Crippen LogP contribution in [0, 0.1) is 0 Å². The van der Waals surface area contributed by atoms with Gasteiger partial charge in [0.25, 0.3) is 0 Å². The maximum absolute atomic E-state index is 5.66. The number of aryl methyl sites for hydroxylation is 1. The smallest absolute Gasteiger partial charge is 0.161 e. The summed E-state index contributed by atoms with van der Waals surface area (Å²) < 4.78 is 13.0. The van der Waals surface area contributed by atoms with E-state index in [9.17, 15) is 0 Å². The number of hydrogen-bond acceptors (Lipinski definition) is 4. The van der Waals surface area contributed by atoms with E-state index in [0.717, 1.165) is 29.3 Å². The molecule has 2 heterocycles. The van der Waals surface area contributed by atoms with Gasteiger partial charge in [-0.1, -0.05) is 13.0 Å². The summed E-state index contributed by atoms with van der Waals surface area (Å²) in [5.41, 5.74) is 2.14. The Labute approximate surface area is 118 Å². The lowest BCUT2D eigenvalue weighted by molar-refractivity contribution is 0.171. The number of aromatic nitrogens is 2. The van der Waals surface area contributed by atoms with E-state index >= 15 is 0 Å². The molecule has 1 unspecified atom stereocenters. The molecule has 1 aliphatic rings. The van der Waals surface area contributed by atoms with E-state index in [4.69, 9.17) is 9.47 Å². The Morgan fingerprint density at radius 3 is 2.75 bits per heavy atom. The molecule has 20 heavy (non-hydrogen) atoms. The van der Waals surface area contributed by atoms with Gasteiger partial charge in [0.15, 0.2) is 11.5 Å². The summed E-state index contributed by atoms with van der Waals surface area (Å²) >= 11 is 0. The lowest BCUT2D eigenvalue weighted by atomic mass is 10.0. The molecule has 1 aromatic carbocycles. The monoisotopic (exact) mass is 273 g/mol. The molecule has 0 saturated heterocycles. The molecule has 0 saturated carbocycles. The summed E-state index contributed by atoms with van der Waals surface area (Å²) in [4.78, 5) is 0. The van der Waals surface area contributed by atoms with Crippen LogP contribution in [0.3, 0.4) is 0 Å². The number of nitrogens with zero attached hydrogens (tertiary/aromatic N) is 2.